The molecule has 0 amide bonds. The van der Waals surface area contributed by atoms with Crippen LogP contribution in [0.1, 0.15) is 31.7 Å². The van der Waals surface area contributed by atoms with E-state index in [1.54, 1.807) is 12.1 Å². The Morgan fingerprint density at radius 3 is 1.83 bits per heavy atom. The van der Waals surface area contributed by atoms with Crippen LogP contribution >= 0.6 is 0 Å². The molecule has 130 valence electrons. The Morgan fingerprint density at radius 1 is 0.875 bits per heavy atom. The summed E-state index contributed by atoms with van der Waals surface area (Å²) >= 11 is 0. The van der Waals surface area contributed by atoms with E-state index >= 15 is 0 Å². The number of hydrogen-bond donors (Lipinski definition) is 1. The van der Waals surface area contributed by atoms with Crippen molar-refractivity contribution >= 4 is 25.5 Å². The van der Waals surface area contributed by atoms with Gasteiger partial charge in [-0.15, -0.1) is 0 Å². The first-order valence-corrected chi connectivity index (χ1v) is 10.9. The lowest BCUT2D eigenvalue weighted by Crippen LogP contribution is -2.13. The Hall–Kier alpha value is -1.86. The van der Waals surface area contributed by atoms with Crippen molar-refractivity contribution in [1.82, 2.24) is 0 Å². The first-order valence-electron chi connectivity index (χ1n) is 7.56. The van der Waals surface area contributed by atoms with E-state index in [1.807, 2.05) is 12.1 Å². The first kappa shape index (κ1) is 18.5. The van der Waals surface area contributed by atoms with Crippen molar-refractivity contribution in [1.29, 1.82) is 0 Å². The SMILES string of the molecule is CCC(C)c1ccc(NS(=O)(=O)c2ccc(S(C)(=O)=O)cc2)cc1. The van der Waals surface area contributed by atoms with Gasteiger partial charge in [-0.3, -0.25) is 4.72 Å². The second-order valence-electron chi connectivity index (χ2n) is 5.78. The fourth-order valence-electron chi connectivity index (χ4n) is 2.20. The third-order valence-electron chi connectivity index (χ3n) is 3.91. The average Bonchev–Trinajstić information content (AvgIpc) is 2.54. The highest BCUT2D eigenvalue weighted by Crippen LogP contribution is 2.22. The van der Waals surface area contributed by atoms with Gasteiger partial charge in [-0.05, 0) is 54.3 Å². The molecule has 0 bridgehead atoms. The minimum atomic E-state index is -3.76. The smallest absolute Gasteiger partial charge is 0.261 e. The summed E-state index contributed by atoms with van der Waals surface area (Å²) in [7, 11) is -7.11. The number of benzene rings is 2. The summed E-state index contributed by atoms with van der Waals surface area (Å²) in [5.74, 6) is 0.416. The van der Waals surface area contributed by atoms with Crippen molar-refractivity contribution in [3.8, 4) is 0 Å². The Balaban J connectivity index is 2.22. The Morgan fingerprint density at radius 2 is 1.38 bits per heavy atom. The summed E-state index contributed by atoms with van der Waals surface area (Å²) in [6, 6.07) is 12.4. The van der Waals surface area contributed by atoms with E-state index < -0.39 is 19.9 Å². The van der Waals surface area contributed by atoms with Gasteiger partial charge in [0.05, 0.1) is 9.79 Å². The van der Waals surface area contributed by atoms with Crippen LogP contribution in [0.4, 0.5) is 5.69 Å². The third kappa shape index (κ3) is 4.36. The largest absolute Gasteiger partial charge is 0.280 e. The highest BCUT2D eigenvalue weighted by molar-refractivity contribution is 7.92. The molecule has 7 heteroatoms. The van der Waals surface area contributed by atoms with Crippen LogP contribution in [0.3, 0.4) is 0 Å². The van der Waals surface area contributed by atoms with Gasteiger partial charge in [0, 0.05) is 11.9 Å². The molecule has 5 nitrogen and oxygen atoms in total. The number of anilines is 1. The van der Waals surface area contributed by atoms with Crippen LogP contribution in [-0.2, 0) is 19.9 Å². The molecule has 0 saturated heterocycles. The summed E-state index contributed by atoms with van der Waals surface area (Å²) in [6.07, 6.45) is 2.09. The summed E-state index contributed by atoms with van der Waals surface area (Å²) < 4.78 is 50.1. The van der Waals surface area contributed by atoms with Crippen molar-refractivity contribution in [2.45, 2.75) is 36.0 Å². The molecular weight excluding hydrogens is 346 g/mol. The molecule has 0 fully saturated rings. The highest BCUT2D eigenvalue weighted by atomic mass is 32.2. The molecule has 1 unspecified atom stereocenters. The lowest BCUT2D eigenvalue weighted by molar-refractivity contribution is 0.597. The molecule has 2 rings (SSSR count). The van der Waals surface area contributed by atoms with Crippen LogP contribution < -0.4 is 4.72 Å². The maximum Gasteiger partial charge on any atom is 0.261 e. The van der Waals surface area contributed by atoms with Crippen LogP contribution in [0.25, 0.3) is 0 Å². The quantitative estimate of drug-likeness (QED) is 0.848. The second kappa shape index (κ2) is 6.94. The highest BCUT2D eigenvalue weighted by Gasteiger charge is 2.16. The zero-order valence-electron chi connectivity index (χ0n) is 13.9. The molecule has 0 aliphatic rings. The van der Waals surface area contributed by atoms with Gasteiger partial charge in [0.25, 0.3) is 10.0 Å². The molecule has 1 N–H and O–H groups in total. The number of sulfone groups is 1. The van der Waals surface area contributed by atoms with E-state index in [1.165, 1.54) is 24.3 Å². The van der Waals surface area contributed by atoms with Crippen molar-refractivity contribution in [2.24, 2.45) is 0 Å². The zero-order chi connectivity index (χ0) is 18.0. The van der Waals surface area contributed by atoms with Gasteiger partial charge in [-0.25, -0.2) is 16.8 Å². The molecule has 0 radical (unpaired) electrons. The van der Waals surface area contributed by atoms with E-state index in [2.05, 4.69) is 18.6 Å². The molecule has 0 saturated carbocycles. The summed E-state index contributed by atoms with van der Waals surface area (Å²) in [4.78, 5) is 0.0975. The minimum absolute atomic E-state index is 0.0147. The summed E-state index contributed by atoms with van der Waals surface area (Å²) in [6.45, 7) is 4.21. The molecule has 0 heterocycles. The number of nitrogens with one attached hydrogen (secondary N) is 1. The maximum absolute atomic E-state index is 12.4. The molecule has 2 aromatic rings. The molecular formula is C17H21NO4S2. The van der Waals surface area contributed by atoms with Crippen LogP contribution in [0, 0.1) is 0 Å². The van der Waals surface area contributed by atoms with Gasteiger partial charge in [0.1, 0.15) is 0 Å². The predicted octanol–water partition coefficient (Wildman–Crippen LogP) is 3.40. The number of hydrogen-bond acceptors (Lipinski definition) is 4. The molecule has 2 aromatic carbocycles. The molecule has 0 spiro atoms. The van der Waals surface area contributed by atoms with E-state index in [4.69, 9.17) is 0 Å². The van der Waals surface area contributed by atoms with Crippen LogP contribution in [0.2, 0.25) is 0 Å². The van der Waals surface area contributed by atoms with Gasteiger partial charge >= 0.3 is 0 Å². The molecule has 1 atom stereocenters. The van der Waals surface area contributed by atoms with Crippen molar-refractivity contribution in [3.63, 3.8) is 0 Å². The Bertz CT molecular complexity index is 900. The lowest BCUT2D eigenvalue weighted by Gasteiger charge is -2.12. The third-order valence-corrected chi connectivity index (χ3v) is 6.43. The average molecular weight is 367 g/mol. The van der Waals surface area contributed by atoms with Gasteiger partial charge in [0.2, 0.25) is 0 Å². The Labute approximate surface area is 143 Å². The maximum atomic E-state index is 12.4. The molecule has 0 aliphatic carbocycles. The van der Waals surface area contributed by atoms with E-state index in [-0.39, 0.29) is 9.79 Å². The minimum Gasteiger partial charge on any atom is -0.280 e. The monoisotopic (exact) mass is 367 g/mol. The van der Waals surface area contributed by atoms with Crippen LogP contribution in [0.5, 0.6) is 0 Å². The fraction of sp³-hybridized carbons (Fsp3) is 0.294. The van der Waals surface area contributed by atoms with Gasteiger partial charge in [-0.2, -0.15) is 0 Å². The first-order chi connectivity index (χ1) is 11.1. The van der Waals surface area contributed by atoms with Gasteiger partial charge in [-0.1, -0.05) is 26.0 Å². The van der Waals surface area contributed by atoms with Crippen molar-refractivity contribution in [3.05, 3.63) is 54.1 Å². The van der Waals surface area contributed by atoms with E-state index in [0.717, 1.165) is 18.2 Å². The second-order valence-corrected chi connectivity index (χ2v) is 9.48. The predicted molar refractivity (Wildman–Crippen MR) is 95.5 cm³/mol. The van der Waals surface area contributed by atoms with Crippen molar-refractivity contribution < 1.29 is 16.8 Å². The normalized spacial score (nSPS) is 13.5. The number of sulfonamides is 1. The zero-order valence-corrected chi connectivity index (χ0v) is 15.5. The molecule has 24 heavy (non-hydrogen) atoms. The summed E-state index contributed by atoms with van der Waals surface area (Å²) in [5, 5.41) is 0. The van der Waals surface area contributed by atoms with E-state index in [0.29, 0.717) is 11.6 Å². The standard InChI is InChI=1S/C17H21NO4S2/c1-4-13(2)14-5-7-15(8-6-14)18-24(21,22)17-11-9-16(10-12-17)23(3,19)20/h5-13,18H,4H2,1-3H3. The molecule has 0 aliphatic heterocycles. The number of rotatable bonds is 6. The Kier molecular flexibility index (Phi) is 5.35. The van der Waals surface area contributed by atoms with Crippen molar-refractivity contribution in [2.75, 3.05) is 11.0 Å². The van der Waals surface area contributed by atoms with E-state index in [9.17, 15) is 16.8 Å². The molecule has 0 aromatic heterocycles. The van der Waals surface area contributed by atoms with Gasteiger partial charge in [0.15, 0.2) is 9.84 Å². The van der Waals surface area contributed by atoms with Gasteiger partial charge < -0.3 is 0 Å². The van der Waals surface area contributed by atoms with Crippen LogP contribution in [0.15, 0.2) is 58.3 Å². The topological polar surface area (TPSA) is 80.3 Å². The fourth-order valence-corrected chi connectivity index (χ4v) is 3.88. The summed E-state index contributed by atoms with van der Waals surface area (Å²) in [5.41, 5.74) is 1.62. The lowest BCUT2D eigenvalue weighted by atomic mass is 9.99. The van der Waals surface area contributed by atoms with Crippen LogP contribution in [-0.4, -0.2) is 23.1 Å².